The van der Waals surface area contributed by atoms with E-state index in [-0.39, 0.29) is 11.7 Å². The summed E-state index contributed by atoms with van der Waals surface area (Å²) in [7, 11) is -3.29. The third-order valence-electron chi connectivity index (χ3n) is 1.73. The Hall–Kier alpha value is -0.350. The molecule has 1 atom stereocenters. The molecule has 0 heterocycles. The zero-order chi connectivity index (χ0) is 10.5. The molecular weight excluding hydrogens is 186 g/mol. The summed E-state index contributed by atoms with van der Waals surface area (Å²) in [5, 5.41) is 4.92. The average Bonchev–Trinajstić information content (AvgIpc) is 1.81. The van der Waals surface area contributed by atoms with Crippen LogP contribution in [-0.2, 0) is 10.0 Å². The first kappa shape index (κ1) is 12.7. The quantitative estimate of drug-likeness (QED) is 0.694. The third kappa shape index (κ3) is 9.56. The first-order chi connectivity index (χ1) is 5.81. The van der Waals surface area contributed by atoms with Crippen molar-refractivity contribution < 1.29 is 8.42 Å². The van der Waals surface area contributed by atoms with Crippen molar-refractivity contribution in [1.29, 1.82) is 0 Å². The summed E-state index contributed by atoms with van der Waals surface area (Å²) in [4.78, 5) is 0. The second kappa shape index (κ2) is 5.40. The molecule has 0 amide bonds. The monoisotopic (exact) mass is 205 g/mol. The minimum atomic E-state index is -3.29. The molecule has 78 valence electrons. The van der Waals surface area contributed by atoms with Gasteiger partial charge in [-0.25, -0.2) is 13.6 Å². The molecule has 4 heteroatoms. The number of nitrogens with two attached hydrogens (primary N) is 1. The van der Waals surface area contributed by atoms with Crippen LogP contribution in [0.3, 0.4) is 0 Å². The Morgan fingerprint density at radius 1 is 1.46 bits per heavy atom. The first-order valence-electron chi connectivity index (χ1n) is 4.45. The van der Waals surface area contributed by atoms with Crippen molar-refractivity contribution in [3.63, 3.8) is 0 Å². The van der Waals surface area contributed by atoms with Crippen LogP contribution in [0.5, 0.6) is 0 Å². The highest BCUT2D eigenvalue weighted by molar-refractivity contribution is 7.89. The van der Waals surface area contributed by atoms with Crippen LogP contribution in [0.4, 0.5) is 0 Å². The SMILES string of the molecule is CC(C)=CCCC(C)CS(N)(=O)=O. The molecule has 13 heavy (non-hydrogen) atoms. The molecule has 0 aromatic carbocycles. The minimum absolute atomic E-state index is 0.0869. The Balaban J connectivity index is 3.77. The number of sulfonamides is 1. The smallest absolute Gasteiger partial charge is 0.209 e. The van der Waals surface area contributed by atoms with Crippen LogP contribution in [0.2, 0.25) is 0 Å². The van der Waals surface area contributed by atoms with Gasteiger partial charge in [0, 0.05) is 0 Å². The van der Waals surface area contributed by atoms with Gasteiger partial charge in [-0.15, -0.1) is 0 Å². The van der Waals surface area contributed by atoms with Crippen LogP contribution in [0.25, 0.3) is 0 Å². The summed E-state index contributed by atoms with van der Waals surface area (Å²) in [6.45, 7) is 5.97. The predicted octanol–water partition coefficient (Wildman–Crippen LogP) is 1.66. The molecular formula is C9H19NO2S. The second-order valence-electron chi connectivity index (χ2n) is 3.79. The van der Waals surface area contributed by atoms with Gasteiger partial charge < -0.3 is 0 Å². The summed E-state index contributed by atoms with van der Waals surface area (Å²) in [6, 6.07) is 0. The van der Waals surface area contributed by atoms with Crippen molar-refractivity contribution in [1.82, 2.24) is 0 Å². The zero-order valence-corrected chi connectivity index (χ0v) is 9.39. The van der Waals surface area contributed by atoms with Crippen LogP contribution in [0.1, 0.15) is 33.6 Å². The lowest BCUT2D eigenvalue weighted by atomic mass is 10.1. The van der Waals surface area contributed by atoms with Gasteiger partial charge in [0.1, 0.15) is 0 Å². The Morgan fingerprint density at radius 2 is 2.00 bits per heavy atom. The molecule has 0 radical (unpaired) electrons. The number of rotatable bonds is 5. The summed E-state index contributed by atoms with van der Waals surface area (Å²) < 4.78 is 21.4. The molecule has 0 fully saturated rings. The van der Waals surface area contributed by atoms with Crippen LogP contribution in [-0.4, -0.2) is 14.2 Å². The minimum Gasteiger partial charge on any atom is -0.229 e. The lowest BCUT2D eigenvalue weighted by molar-refractivity contribution is 0.554. The Kier molecular flexibility index (Phi) is 5.25. The molecule has 0 aromatic heterocycles. The van der Waals surface area contributed by atoms with Crippen molar-refractivity contribution in [2.75, 3.05) is 5.75 Å². The molecule has 1 unspecified atom stereocenters. The maximum Gasteiger partial charge on any atom is 0.209 e. The standard InChI is InChI=1S/C9H19NO2S/c1-8(2)5-4-6-9(3)7-13(10,11)12/h5,9H,4,6-7H2,1-3H3,(H2,10,11,12). The molecule has 0 rings (SSSR count). The van der Waals surface area contributed by atoms with Crippen molar-refractivity contribution in [3.05, 3.63) is 11.6 Å². The molecule has 0 bridgehead atoms. The van der Waals surface area contributed by atoms with Gasteiger partial charge in [0.2, 0.25) is 10.0 Å². The van der Waals surface area contributed by atoms with E-state index in [9.17, 15) is 8.42 Å². The molecule has 3 nitrogen and oxygen atoms in total. The molecule has 0 saturated carbocycles. The van der Waals surface area contributed by atoms with E-state index in [0.717, 1.165) is 12.8 Å². The molecule has 0 aliphatic rings. The number of primary sulfonamides is 1. The highest BCUT2D eigenvalue weighted by Crippen LogP contribution is 2.08. The van der Waals surface area contributed by atoms with E-state index in [1.165, 1.54) is 5.57 Å². The highest BCUT2D eigenvalue weighted by atomic mass is 32.2. The van der Waals surface area contributed by atoms with E-state index in [1.807, 2.05) is 20.8 Å². The van der Waals surface area contributed by atoms with E-state index < -0.39 is 10.0 Å². The van der Waals surface area contributed by atoms with Crippen molar-refractivity contribution in [2.45, 2.75) is 33.6 Å². The predicted molar refractivity (Wildman–Crippen MR) is 55.8 cm³/mol. The van der Waals surface area contributed by atoms with E-state index in [4.69, 9.17) is 5.14 Å². The Bertz CT molecular complexity index is 263. The van der Waals surface area contributed by atoms with E-state index in [1.54, 1.807) is 0 Å². The van der Waals surface area contributed by atoms with Gasteiger partial charge in [-0.3, -0.25) is 0 Å². The molecule has 0 aliphatic heterocycles. The van der Waals surface area contributed by atoms with E-state index in [0.29, 0.717) is 0 Å². The fourth-order valence-electron chi connectivity index (χ4n) is 1.14. The number of allylic oxidation sites excluding steroid dienone is 2. The van der Waals surface area contributed by atoms with Gasteiger partial charge in [0.05, 0.1) is 5.75 Å². The van der Waals surface area contributed by atoms with Crippen molar-refractivity contribution in [3.8, 4) is 0 Å². The lowest BCUT2D eigenvalue weighted by Gasteiger charge is -2.07. The average molecular weight is 205 g/mol. The summed E-state index contributed by atoms with van der Waals surface area (Å²) >= 11 is 0. The third-order valence-corrected chi connectivity index (χ3v) is 2.76. The van der Waals surface area contributed by atoms with E-state index in [2.05, 4.69) is 6.08 Å². The summed E-state index contributed by atoms with van der Waals surface area (Å²) in [6.07, 6.45) is 3.92. The largest absolute Gasteiger partial charge is 0.229 e. The topological polar surface area (TPSA) is 60.2 Å². The Labute approximate surface area is 81.1 Å². The maximum absolute atomic E-state index is 10.7. The lowest BCUT2D eigenvalue weighted by Crippen LogP contribution is -2.21. The normalized spacial score (nSPS) is 13.8. The molecule has 0 saturated heterocycles. The van der Waals surface area contributed by atoms with Gasteiger partial charge in [0.25, 0.3) is 0 Å². The van der Waals surface area contributed by atoms with Crippen LogP contribution >= 0.6 is 0 Å². The van der Waals surface area contributed by atoms with Crippen LogP contribution in [0, 0.1) is 5.92 Å². The van der Waals surface area contributed by atoms with Gasteiger partial charge in [-0.2, -0.15) is 0 Å². The summed E-state index contributed by atoms with van der Waals surface area (Å²) in [5.74, 6) is 0.231. The molecule has 2 N–H and O–H groups in total. The number of hydrogen-bond donors (Lipinski definition) is 1. The molecule has 0 aromatic rings. The Morgan fingerprint density at radius 3 is 2.38 bits per heavy atom. The van der Waals surface area contributed by atoms with Crippen molar-refractivity contribution >= 4 is 10.0 Å². The van der Waals surface area contributed by atoms with Gasteiger partial charge >= 0.3 is 0 Å². The zero-order valence-electron chi connectivity index (χ0n) is 8.58. The fourth-order valence-corrected chi connectivity index (χ4v) is 2.10. The van der Waals surface area contributed by atoms with Gasteiger partial charge in [-0.05, 0) is 32.6 Å². The van der Waals surface area contributed by atoms with Gasteiger partial charge in [-0.1, -0.05) is 18.6 Å². The van der Waals surface area contributed by atoms with Crippen LogP contribution in [0.15, 0.2) is 11.6 Å². The molecule has 0 aliphatic carbocycles. The fraction of sp³-hybridized carbons (Fsp3) is 0.778. The van der Waals surface area contributed by atoms with Crippen molar-refractivity contribution in [2.24, 2.45) is 11.1 Å². The summed E-state index contributed by atoms with van der Waals surface area (Å²) in [5.41, 5.74) is 1.27. The van der Waals surface area contributed by atoms with Gasteiger partial charge in [0.15, 0.2) is 0 Å². The molecule has 0 spiro atoms. The van der Waals surface area contributed by atoms with Crippen LogP contribution < -0.4 is 5.14 Å². The second-order valence-corrected chi connectivity index (χ2v) is 5.45. The first-order valence-corrected chi connectivity index (χ1v) is 6.16. The maximum atomic E-state index is 10.7. The highest BCUT2D eigenvalue weighted by Gasteiger charge is 2.09. The van der Waals surface area contributed by atoms with E-state index >= 15 is 0 Å². The number of hydrogen-bond acceptors (Lipinski definition) is 2.